The smallest absolute Gasteiger partial charge is 0.165 e. The van der Waals surface area contributed by atoms with Crippen molar-refractivity contribution in [3.05, 3.63) is 65.9 Å². The molecule has 0 unspecified atom stereocenters. The number of nitrogens with zero attached hydrogens (tertiary/aromatic N) is 1. The molecule has 2 nitrogen and oxygen atoms in total. The number of hydrogen-bond acceptors (Lipinski definition) is 3. The zero-order valence-electron chi connectivity index (χ0n) is 14.9. The highest BCUT2D eigenvalue weighted by Gasteiger charge is 2.31. The van der Waals surface area contributed by atoms with E-state index in [1.807, 2.05) is 23.5 Å². The van der Waals surface area contributed by atoms with E-state index in [0.717, 1.165) is 28.9 Å². The van der Waals surface area contributed by atoms with Gasteiger partial charge in [0.25, 0.3) is 0 Å². The summed E-state index contributed by atoms with van der Waals surface area (Å²) >= 11 is 1.82. The van der Waals surface area contributed by atoms with Crippen molar-refractivity contribution < 1.29 is 4.79 Å². The standard InChI is InChI=1S/C23H19NOS/c1-23(2)12-19-16(20(25)13-23)8-9-18(24-19)14-7-10-22-17(11-14)15-5-3-4-6-21(15)26-22/h3-11H,12-13H2,1-2H3. The Bertz CT molecular complexity index is 1190. The molecule has 0 amide bonds. The van der Waals surface area contributed by atoms with Crippen LogP contribution in [0.2, 0.25) is 0 Å². The van der Waals surface area contributed by atoms with E-state index in [0.29, 0.717) is 6.42 Å². The van der Waals surface area contributed by atoms with E-state index in [-0.39, 0.29) is 11.2 Å². The molecule has 2 aromatic carbocycles. The molecule has 0 saturated carbocycles. The highest BCUT2D eigenvalue weighted by Crippen LogP contribution is 2.37. The second kappa shape index (κ2) is 5.49. The number of fused-ring (bicyclic) bond motifs is 4. The number of carbonyl (C=O) groups excluding carboxylic acids is 1. The summed E-state index contributed by atoms with van der Waals surface area (Å²) in [7, 11) is 0. The van der Waals surface area contributed by atoms with Crippen molar-refractivity contribution in [2.45, 2.75) is 26.7 Å². The zero-order chi connectivity index (χ0) is 17.9. The summed E-state index contributed by atoms with van der Waals surface area (Å²) in [5.74, 6) is 0.217. The van der Waals surface area contributed by atoms with Gasteiger partial charge >= 0.3 is 0 Å². The fourth-order valence-electron chi connectivity index (χ4n) is 3.98. The summed E-state index contributed by atoms with van der Waals surface area (Å²) < 4.78 is 2.61. The van der Waals surface area contributed by atoms with Crippen LogP contribution in [0.25, 0.3) is 31.4 Å². The van der Waals surface area contributed by atoms with Gasteiger partial charge in [0, 0.05) is 37.7 Å². The van der Waals surface area contributed by atoms with Gasteiger partial charge in [0.15, 0.2) is 5.78 Å². The molecule has 0 saturated heterocycles. The van der Waals surface area contributed by atoms with E-state index in [2.05, 4.69) is 56.3 Å². The fraction of sp³-hybridized carbons (Fsp3) is 0.217. The highest BCUT2D eigenvalue weighted by atomic mass is 32.1. The molecule has 0 N–H and O–H groups in total. The topological polar surface area (TPSA) is 30.0 Å². The van der Waals surface area contributed by atoms with E-state index in [1.165, 1.54) is 20.2 Å². The van der Waals surface area contributed by atoms with Gasteiger partial charge < -0.3 is 0 Å². The summed E-state index contributed by atoms with van der Waals surface area (Å²) in [5.41, 5.74) is 3.80. The summed E-state index contributed by atoms with van der Waals surface area (Å²) in [6, 6.07) is 19.0. The molecule has 0 radical (unpaired) electrons. The van der Waals surface area contributed by atoms with Crippen LogP contribution in [-0.4, -0.2) is 10.8 Å². The van der Waals surface area contributed by atoms with Crippen LogP contribution in [-0.2, 0) is 6.42 Å². The van der Waals surface area contributed by atoms with E-state index < -0.39 is 0 Å². The van der Waals surface area contributed by atoms with Crippen molar-refractivity contribution in [3.8, 4) is 11.3 Å². The Kier molecular flexibility index (Phi) is 3.32. The van der Waals surface area contributed by atoms with E-state index >= 15 is 0 Å². The van der Waals surface area contributed by atoms with Crippen LogP contribution in [0.5, 0.6) is 0 Å². The van der Waals surface area contributed by atoms with E-state index in [4.69, 9.17) is 4.98 Å². The summed E-state index contributed by atoms with van der Waals surface area (Å²) in [4.78, 5) is 17.3. The third kappa shape index (κ3) is 2.46. The zero-order valence-corrected chi connectivity index (χ0v) is 15.7. The van der Waals surface area contributed by atoms with Gasteiger partial charge in [0.05, 0.1) is 11.4 Å². The lowest BCUT2D eigenvalue weighted by molar-refractivity contribution is 0.0910. The van der Waals surface area contributed by atoms with Crippen molar-refractivity contribution in [3.63, 3.8) is 0 Å². The molecule has 0 atom stereocenters. The number of carbonyl (C=O) groups is 1. The SMILES string of the molecule is CC1(C)CC(=O)c2ccc(-c3ccc4sc5ccccc5c4c3)nc2C1. The largest absolute Gasteiger partial charge is 0.294 e. The van der Waals surface area contributed by atoms with Gasteiger partial charge in [-0.1, -0.05) is 38.1 Å². The number of ketones is 1. The van der Waals surface area contributed by atoms with Crippen LogP contribution in [0.1, 0.15) is 36.3 Å². The monoisotopic (exact) mass is 357 g/mol. The Hall–Kier alpha value is -2.52. The Morgan fingerprint density at radius 2 is 1.73 bits per heavy atom. The third-order valence-corrected chi connectivity index (χ3v) is 6.38. The van der Waals surface area contributed by atoms with Crippen molar-refractivity contribution >= 4 is 37.3 Å². The average molecular weight is 357 g/mol. The predicted octanol–water partition coefficient (Wildman–Crippen LogP) is 6.27. The second-order valence-corrected chi connectivity index (χ2v) is 9.02. The quantitative estimate of drug-likeness (QED) is 0.402. The van der Waals surface area contributed by atoms with E-state index in [1.54, 1.807) is 0 Å². The maximum Gasteiger partial charge on any atom is 0.165 e. The van der Waals surface area contributed by atoms with Crippen LogP contribution >= 0.6 is 11.3 Å². The number of aromatic nitrogens is 1. The van der Waals surface area contributed by atoms with Crippen molar-refractivity contribution in [1.82, 2.24) is 4.98 Å². The normalized spacial score (nSPS) is 16.2. The number of pyridine rings is 1. The van der Waals surface area contributed by atoms with Gasteiger partial charge in [0.1, 0.15) is 0 Å². The minimum absolute atomic E-state index is 0.0107. The molecule has 2 aromatic heterocycles. The van der Waals surface area contributed by atoms with Crippen LogP contribution in [0.3, 0.4) is 0 Å². The summed E-state index contributed by atoms with van der Waals surface area (Å²) in [6.07, 6.45) is 1.46. The molecule has 1 aliphatic carbocycles. The Labute approximate surface area is 156 Å². The van der Waals surface area contributed by atoms with Crippen LogP contribution in [0.15, 0.2) is 54.6 Å². The predicted molar refractivity (Wildman–Crippen MR) is 109 cm³/mol. The first kappa shape index (κ1) is 15.7. The van der Waals surface area contributed by atoms with Gasteiger partial charge in [-0.3, -0.25) is 9.78 Å². The van der Waals surface area contributed by atoms with Gasteiger partial charge in [-0.05, 0) is 42.2 Å². The molecule has 2 heterocycles. The summed E-state index contributed by atoms with van der Waals surface area (Å²) in [5, 5.41) is 2.57. The van der Waals surface area contributed by atoms with Crippen LogP contribution in [0, 0.1) is 5.41 Å². The summed E-state index contributed by atoms with van der Waals surface area (Å²) in [6.45, 7) is 4.29. The number of rotatable bonds is 1. The molecule has 0 aliphatic heterocycles. The van der Waals surface area contributed by atoms with Gasteiger partial charge in [-0.2, -0.15) is 0 Å². The number of hydrogen-bond donors (Lipinski definition) is 0. The molecule has 128 valence electrons. The fourth-order valence-corrected chi connectivity index (χ4v) is 5.07. The van der Waals surface area contributed by atoms with Gasteiger partial charge in [0.2, 0.25) is 0 Å². The third-order valence-electron chi connectivity index (χ3n) is 5.23. The van der Waals surface area contributed by atoms with Gasteiger partial charge in [-0.25, -0.2) is 0 Å². The van der Waals surface area contributed by atoms with Crippen molar-refractivity contribution in [2.24, 2.45) is 5.41 Å². The van der Waals surface area contributed by atoms with Crippen LogP contribution in [0.4, 0.5) is 0 Å². The maximum atomic E-state index is 12.4. The molecular formula is C23H19NOS. The maximum absolute atomic E-state index is 12.4. The first-order valence-corrected chi connectivity index (χ1v) is 9.77. The minimum Gasteiger partial charge on any atom is -0.294 e. The Balaban J connectivity index is 1.66. The van der Waals surface area contributed by atoms with Crippen molar-refractivity contribution in [2.75, 3.05) is 0 Å². The second-order valence-electron chi connectivity index (χ2n) is 7.94. The lowest BCUT2D eigenvalue weighted by Gasteiger charge is -2.29. The Morgan fingerprint density at radius 1 is 0.923 bits per heavy atom. The lowest BCUT2D eigenvalue weighted by Crippen LogP contribution is -2.27. The first-order valence-electron chi connectivity index (χ1n) is 8.95. The van der Waals surface area contributed by atoms with Crippen molar-refractivity contribution in [1.29, 1.82) is 0 Å². The highest BCUT2D eigenvalue weighted by molar-refractivity contribution is 7.25. The molecule has 0 spiro atoms. The first-order chi connectivity index (χ1) is 12.5. The lowest BCUT2D eigenvalue weighted by atomic mass is 9.75. The molecular weight excluding hydrogens is 338 g/mol. The number of thiophene rings is 1. The Morgan fingerprint density at radius 3 is 2.62 bits per heavy atom. The molecule has 3 heteroatoms. The molecule has 4 aromatic rings. The average Bonchev–Trinajstić information content (AvgIpc) is 2.98. The molecule has 5 rings (SSSR count). The molecule has 1 aliphatic rings. The number of benzene rings is 2. The molecule has 26 heavy (non-hydrogen) atoms. The number of Topliss-reactive ketones (excluding diaryl/α,β-unsaturated/α-hetero) is 1. The molecule has 0 bridgehead atoms. The molecule has 0 fully saturated rings. The van der Waals surface area contributed by atoms with Gasteiger partial charge in [-0.15, -0.1) is 11.3 Å². The van der Waals surface area contributed by atoms with Crippen LogP contribution < -0.4 is 0 Å². The minimum atomic E-state index is -0.0107. The van der Waals surface area contributed by atoms with E-state index in [9.17, 15) is 4.79 Å².